The van der Waals surface area contributed by atoms with E-state index < -0.39 is 0 Å². The molecule has 1 heterocycles. The molecule has 0 spiro atoms. The first-order valence-corrected chi connectivity index (χ1v) is 18.0. The average Bonchev–Trinajstić information content (AvgIpc) is 3.49. The van der Waals surface area contributed by atoms with Gasteiger partial charge in [-0.3, -0.25) is 4.99 Å². The van der Waals surface area contributed by atoms with Crippen molar-refractivity contribution < 1.29 is 0 Å². The number of hydrogen-bond acceptors (Lipinski definition) is 4. The Morgan fingerprint density at radius 3 is 1.94 bits per heavy atom. The molecular weight excluding hydrogens is 633 g/mol. The number of allylic oxidation sites excluding steroid dienone is 2. The highest BCUT2D eigenvalue weighted by molar-refractivity contribution is 6.03. The summed E-state index contributed by atoms with van der Waals surface area (Å²) in [6, 6.07) is 53.1. The first-order chi connectivity index (χ1) is 25.4. The van der Waals surface area contributed by atoms with Crippen LogP contribution in [0.15, 0.2) is 175 Å². The lowest BCUT2D eigenvalue weighted by Crippen LogP contribution is -2.37. The highest BCUT2D eigenvalue weighted by Crippen LogP contribution is 2.45. The van der Waals surface area contributed by atoms with Crippen molar-refractivity contribution in [3.05, 3.63) is 186 Å². The number of nitrogens with zero attached hydrogens (tertiary/aromatic N) is 3. The Hall–Kier alpha value is -6.35. The summed E-state index contributed by atoms with van der Waals surface area (Å²) in [5, 5.41) is 0. The zero-order valence-corrected chi connectivity index (χ0v) is 30.3. The first kappa shape index (κ1) is 34.1. The summed E-state index contributed by atoms with van der Waals surface area (Å²) < 4.78 is 0. The zero-order valence-electron chi connectivity index (χ0n) is 30.3. The van der Waals surface area contributed by atoms with E-state index in [-0.39, 0.29) is 6.17 Å². The van der Waals surface area contributed by atoms with Crippen LogP contribution < -0.4 is 15.5 Å². The van der Waals surface area contributed by atoms with E-state index in [0.717, 1.165) is 68.0 Å². The molecule has 4 nitrogen and oxygen atoms in total. The van der Waals surface area contributed by atoms with Gasteiger partial charge in [0.25, 0.3) is 0 Å². The van der Waals surface area contributed by atoms with E-state index >= 15 is 0 Å². The standard InChI is InChI=1S/C48H44N4/c1-5-17-38(35-18-9-7-10-19-35)33-45(36-20-11-8-12-21-36)50-34(3)37-22-15-23-39(28-37)41-29-42(31-43(49)30-41)40-24-16-25-44(32-40)52-47-27-14-13-26-46(47)51(4)48(52)6-2/h5,7-16,18-33,48H,6,49H2,1-4H3/b45-33-,50-34?. The lowest BCUT2D eigenvalue weighted by atomic mass is 9.96. The molecule has 0 amide bonds. The predicted octanol–water partition coefficient (Wildman–Crippen LogP) is 12.0. The molecular formula is C48H44N4. The molecule has 0 aromatic heterocycles. The second-order valence-electron chi connectivity index (χ2n) is 13.1. The van der Waals surface area contributed by atoms with Crippen LogP contribution in [0.25, 0.3) is 33.5 Å². The molecule has 0 saturated carbocycles. The molecule has 0 fully saturated rings. The summed E-state index contributed by atoms with van der Waals surface area (Å²) in [7, 11) is 2.18. The van der Waals surface area contributed by atoms with Crippen LogP contribution in [0.4, 0.5) is 22.7 Å². The molecule has 6 aromatic rings. The molecule has 1 aliphatic rings. The quantitative estimate of drug-likeness (QED) is 0.0717. The molecule has 256 valence electrons. The minimum absolute atomic E-state index is 0.248. The number of fused-ring (bicyclic) bond motifs is 1. The molecule has 0 bridgehead atoms. The molecule has 0 radical (unpaired) electrons. The third kappa shape index (κ3) is 7.11. The van der Waals surface area contributed by atoms with Crippen molar-refractivity contribution in [2.45, 2.75) is 33.4 Å². The minimum Gasteiger partial charge on any atom is -0.399 e. The summed E-state index contributed by atoms with van der Waals surface area (Å²) in [4.78, 5) is 10.1. The lowest BCUT2D eigenvalue weighted by Gasteiger charge is -2.30. The van der Waals surface area contributed by atoms with Gasteiger partial charge in [-0.05, 0) is 114 Å². The molecule has 1 unspecified atom stereocenters. The fraction of sp³-hybridized carbons (Fsp3) is 0.125. The van der Waals surface area contributed by atoms with Crippen LogP contribution >= 0.6 is 0 Å². The van der Waals surface area contributed by atoms with Gasteiger partial charge in [-0.1, -0.05) is 110 Å². The smallest absolute Gasteiger partial charge is 0.106 e. The number of para-hydroxylation sites is 2. The fourth-order valence-electron chi connectivity index (χ4n) is 7.12. The summed E-state index contributed by atoms with van der Waals surface area (Å²) in [6.45, 7) is 6.31. The monoisotopic (exact) mass is 676 g/mol. The number of hydrogen-bond donors (Lipinski definition) is 1. The number of rotatable bonds is 9. The maximum Gasteiger partial charge on any atom is 0.106 e. The van der Waals surface area contributed by atoms with Crippen molar-refractivity contribution in [3.63, 3.8) is 0 Å². The summed E-state index contributed by atoms with van der Waals surface area (Å²) in [5.74, 6) is 0. The van der Waals surface area contributed by atoms with E-state index in [1.807, 2.05) is 49.4 Å². The molecule has 52 heavy (non-hydrogen) atoms. The van der Waals surface area contributed by atoms with Crippen molar-refractivity contribution in [2.24, 2.45) is 4.99 Å². The molecule has 1 atom stereocenters. The van der Waals surface area contributed by atoms with Crippen LogP contribution in [0.2, 0.25) is 0 Å². The van der Waals surface area contributed by atoms with Crippen LogP contribution in [-0.4, -0.2) is 18.9 Å². The van der Waals surface area contributed by atoms with Gasteiger partial charge in [-0.15, -0.1) is 5.73 Å². The maximum absolute atomic E-state index is 6.61. The molecule has 4 heteroatoms. The third-order valence-electron chi connectivity index (χ3n) is 9.68. The molecule has 1 aliphatic heterocycles. The van der Waals surface area contributed by atoms with Gasteiger partial charge in [-0.2, -0.15) is 0 Å². The largest absolute Gasteiger partial charge is 0.399 e. The number of benzene rings is 6. The van der Waals surface area contributed by atoms with Crippen LogP contribution in [0, 0.1) is 0 Å². The van der Waals surface area contributed by atoms with Gasteiger partial charge in [0, 0.05) is 35.3 Å². The Morgan fingerprint density at radius 1 is 0.673 bits per heavy atom. The Labute approximate surface area is 308 Å². The summed E-state index contributed by atoms with van der Waals surface area (Å²) in [5.41, 5.74) is 24.7. The highest BCUT2D eigenvalue weighted by Gasteiger charge is 2.33. The van der Waals surface area contributed by atoms with Gasteiger partial charge in [0.05, 0.1) is 17.1 Å². The molecule has 7 rings (SSSR count). The van der Waals surface area contributed by atoms with Gasteiger partial charge >= 0.3 is 0 Å². The topological polar surface area (TPSA) is 44.9 Å². The number of anilines is 4. The van der Waals surface area contributed by atoms with Crippen LogP contribution in [0.5, 0.6) is 0 Å². The minimum atomic E-state index is 0.248. The molecule has 2 N–H and O–H groups in total. The highest BCUT2D eigenvalue weighted by atomic mass is 15.4. The number of nitrogens with two attached hydrogens (primary N) is 1. The van der Waals surface area contributed by atoms with E-state index in [1.54, 1.807) is 0 Å². The Balaban J connectivity index is 1.24. The Morgan fingerprint density at radius 2 is 1.27 bits per heavy atom. The number of nitrogen functional groups attached to an aromatic ring is 1. The Kier molecular flexibility index (Phi) is 10.0. The predicted molar refractivity (Wildman–Crippen MR) is 223 cm³/mol. The van der Waals surface area contributed by atoms with E-state index in [2.05, 4.69) is 158 Å². The number of aliphatic imine (C=N–C) groups is 1. The van der Waals surface area contributed by atoms with Crippen molar-refractivity contribution in [1.82, 2.24) is 0 Å². The lowest BCUT2D eigenvalue weighted by molar-refractivity contribution is 0.647. The van der Waals surface area contributed by atoms with Crippen LogP contribution in [0.3, 0.4) is 0 Å². The Bertz CT molecular complexity index is 2330. The zero-order chi connectivity index (χ0) is 36.0. The van der Waals surface area contributed by atoms with Crippen LogP contribution in [0.1, 0.15) is 43.9 Å². The maximum atomic E-state index is 6.61. The van der Waals surface area contributed by atoms with Crippen molar-refractivity contribution in [1.29, 1.82) is 0 Å². The second-order valence-corrected chi connectivity index (χ2v) is 13.1. The SMILES string of the molecule is CC=C=C(/C=C(\N=C(C)c1cccc(-c2cc(N)cc(-c3cccc(N4c5ccccc5N(C)C4CC)c3)c2)c1)c1ccccc1)c1ccccc1. The second kappa shape index (κ2) is 15.3. The summed E-state index contributed by atoms with van der Waals surface area (Å²) in [6.07, 6.45) is 5.32. The normalized spacial score (nSPS) is 14.2. The van der Waals surface area contributed by atoms with Gasteiger partial charge in [0.15, 0.2) is 0 Å². The van der Waals surface area contributed by atoms with E-state index in [0.29, 0.717) is 0 Å². The van der Waals surface area contributed by atoms with Gasteiger partial charge in [-0.25, -0.2) is 0 Å². The van der Waals surface area contributed by atoms with Crippen LogP contribution in [-0.2, 0) is 0 Å². The van der Waals surface area contributed by atoms with Gasteiger partial charge in [0.2, 0.25) is 0 Å². The summed E-state index contributed by atoms with van der Waals surface area (Å²) >= 11 is 0. The fourth-order valence-corrected chi connectivity index (χ4v) is 7.12. The molecule has 0 saturated heterocycles. The molecule has 6 aromatic carbocycles. The van der Waals surface area contributed by atoms with Gasteiger partial charge in [0.1, 0.15) is 6.17 Å². The first-order valence-electron chi connectivity index (χ1n) is 18.0. The average molecular weight is 677 g/mol. The van der Waals surface area contributed by atoms with E-state index in [1.165, 1.54) is 17.1 Å². The van der Waals surface area contributed by atoms with E-state index in [9.17, 15) is 0 Å². The van der Waals surface area contributed by atoms with Crippen molar-refractivity contribution in [2.75, 3.05) is 22.6 Å². The van der Waals surface area contributed by atoms with Gasteiger partial charge < -0.3 is 15.5 Å². The van der Waals surface area contributed by atoms with Crippen molar-refractivity contribution >= 4 is 39.7 Å². The van der Waals surface area contributed by atoms with E-state index in [4.69, 9.17) is 10.7 Å². The molecule has 0 aliphatic carbocycles. The third-order valence-corrected chi connectivity index (χ3v) is 9.68. The van der Waals surface area contributed by atoms with Crippen molar-refractivity contribution in [3.8, 4) is 22.3 Å².